The highest BCUT2D eigenvalue weighted by atomic mass is 32.1. The second kappa shape index (κ2) is 6.31. The number of hydrogen-bond acceptors (Lipinski definition) is 6. The minimum absolute atomic E-state index is 0.0230. The van der Waals surface area contributed by atoms with E-state index in [0.717, 1.165) is 12.1 Å². The minimum Gasteiger partial charge on any atom is -0.465 e. The smallest absolute Gasteiger partial charge is 0.339 e. The average molecular weight is 309 g/mol. The molecule has 0 aliphatic carbocycles. The number of esters is 1. The number of rotatable bonds is 4. The lowest BCUT2D eigenvalue weighted by Gasteiger charge is -2.09. The number of aromatic nitrogens is 1. The molecule has 1 aromatic carbocycles. The molecule has 8 heteroatoms. The van der Waals surface area contributed by atoms with Crippen LogP contribution in [0.25, 0.3) is 0 Å². The summed E-state index contributed by atoms with van der Waals surface area (Å²) in [4.78, 5) is 27.4. The standard InChI is InChI=1S/C13H12FN3O3S/c1-20-12(19)9-3-2-7(14)4-10(9)17-11(18)5-8-6-21-13(15)16-8/h2-4,6H,5H2,1H3,(H2,15,16)(H,17,18). The summed E-state index contributed by atoms with van der Waals surface area (Å²) in [5.74, 6) is -1.67. The topological polar surface area (TPSA) is 94.3 Å². The van der Waals surface area contributed by atoms with E-state index in [1.54, 1.807) is 5.38 Å². The Labute approximate surface area is 123 Å². The number of carbonyl (C=O) groups is 2. The lowest BCUT2D eigenvalue weighted by atomic mass is 10.1. The highest BCUT2D eigenvalue weighted by molar-refractivity contribution is 7.13. The predicted octanol–water partition coefficient (Wildman–Crippen LogP) is 1.83. The maximum atomic E-state index is 13.3. The van der Waals surface area contributed by atoms with Crippen molar-refractivity contribution in [1.29, 1.82) is 0 Å². The zero-order valence-corrected chi connectivity index (χ0v) is 11.9. The number of nitrogens with zero attached hydrogens (tertiary/aromatic N) is 1. The van der Waals surface area contributed by atoms with E-state index in [0.29, 0.717) is 10.8 Å². The van der Waals surface area contributed by atoms with Gasteiger partial charge in [-0.3, -0.25) is 4.79 Å². The van der Waals surface area contributed by atoms with E-state index in [9.17, 15) is 14.0 Å². The van der Waals surface area contributed by atoms with E-state index in [2.05, 4.69) is 15.0 Å². The van der Waals surface area contributed by atoms with Crippen LogP contribution < -0.4 is 11.1 Å². The van der Waals surface area contributed by atoms with Gasteiger partial charge >= 0.3 is 5.97 Å². The van der Waals surface area contributed by atoms with Gasteiger partial charge in [-0.15, -0.1) is 11.3 Å². The van der Waals surface area contributed by atoms with Gasteiger partial charge in [-0.1, -0.05) is 0 Å². The lowest BCUT2D eigenvalue weighted by Crippen LogP contribution is -2.17. The molecule has 6 nitrogen and oxygen atoms in total. The number of halogens is 1. The zero-order chi connectivity index (χ0) is 15.4. The van der Waals surface area contributed by atoms with Crippen LogP contribution in [-0.2, 0) is 16.0 Å². The van der Waals surface area contributed by atoms with Crippen molar-refractivity contribution in [1.82, 2.24) is 4.98 Å². The first kappa shape index (κ1) is 14.9. The van der Waals surface area contributed by atoms with Crippen LogP contribution in [0.2, 0.25) is 0 Å². The third-order valence-corrected chi connectivity index (χ3v) is 3.29. The second-order valence-electron chi connectivity index (χ2n) is 4.08. The average Bonchev–Trinajstić information content (AvgIpc) is 2.83. The van der Waals surface area contributed by atoms with Crippen LogP contribution in [0.5, 0.6) is 0 Å². The highest BCUT2D eigenvalue weighted by Crippen LogP contribution is 2.19. The van der Waals surface area contributed by atoms with E-state index in [4.69, 9.17) is 5.73 Å². The molecule has 110 valence electrons. The van der Waals surface area contributed by atoms with Crippen molar-refractivity contribution in [3.63, 3.8) is 0 Å². The van der Waals surface area contributed by atoms with Gasteiger partial charge in [0, 0.05) is 5.38 Å². The molecular formula is C13H12FN3O3S. The SMILES string of the molecule is COC(=O)c1ccc(F)cc1NC(=O)Cc1csc(N)n1. The molecular weight excluding hydrogens is 297 g/mol. The molecule has 21 heavy (non-hydrogen) atoms. The molecule has 1 aromatic heterocycles. The number of thiazole rings is 1. The van der Waals surface area contributed by atoms with Crippen molar-refractivity contribution < 1.29 is 18.7 Å². The van der Waals surface area contributed by atoms with Crippen molar-refractivity contribution in [3.05, 3.63) is 40.7 Å². The summed E-state index contributed by atoms with van der Waals surface area (Å²) in [7, 11) is 1.20. The van der Waals surface area contributed by atoms with E-state index >= 15 is 0 Å². The molecule has 0 unspecified atom stereocenters. The number of methoxy groups -OCH3 is 1. The van der Waals surface area contributed by atoms with Gasteiger partial charge < -0.3 is 15.8 Å². The quantitative estimate of drug-likeness (QED) is 0.840. The third-order valence-electron chi connectivity index (χ3n) is 2.57. The van der Waals surface area contributed by atoms with Gasteiger partial charge in [-0.25, -0.2) is 14.2 Å². The molecule has 0 saturated carbocycles. The molecule has 0 radical (unpaired) electrons. The van der Waals surface area contributed by atoms with Gasteiger partial charge in [0.2, 0.25) is 5.91 Å². The van der Waals surface area contributed by atoms with Crippen LogP contribution in [-0.4, -0.2) is 24.0 Å². The molecule has 0 aliphatic heterocycles. The summed E-state index contributed by atoms with van der Waals surface area (Å²) in [5.41, 5.74) is 6.10. The van der Waals surface area contributed by atoms with Gasteiger partial charge in [0.05, 0.1) is 30.5 Å². The molecule has 0 spiro atoms. The second-order valence-corrected chi connectivity index (χ2v) is 4.97. The van der Waals surface area contributed by atoms with E-state index in [-0.39, 0.29) is 17.7 Å². The normalized spacial score (nSPS) is 10.2. The van der Waals surface area contributed by atoms with Crippen LogP contribution in [0.3, 0.4) is 0 Å². The Morgan fingerprint density at radius 1 is 1.48 bits per heavy atom. The number of ether oxygens (including phenoxy) is 1. The summed E-state index contributed by atoms with van der Waals surface area (Å²) in [6.07, 6.45) is -0.0230. The molecule has 0 saturated heterocycles. The summed E-state index contributed by atoms with van der Waals surface area (Å²) < 4.78 is 17.8. The highest BCUT2D eigenvalue weighted by Gasteiger charge is 2.15. The predicted molar refractivity (Wildman–Crippen MR) is 76.6 cm³/mol. The number of nitrogens with two attached hydrogens (primary N) is 1. The van der Waals surface area contributed by atoms with Crippen molar-refractivity contribution in [2.24, 2.45) is 0 Å². The number of amides is 1. The largest absolute Gasteiger partial charge is 0.465 e. The Hall–Kier alpha value is -2.48. The molecule has 2 aromatic rings. The van der Waals surface area contributed by atoms with Gasteiger partial charge in [0.1, 0.15) is 5.82 Å². The summed E-state index contributed by atoms with van der Waals surface area (Å²) in [6.45, 7) is 0. The number of nitrogen functional groups attached to an aromatic ring is 1. The van der Waals surface area contributed by atoms with Crippen molar-refractivity contribution in [3.8, 4) is 0 Å². The first-order valence-electron chi connectivity index (χ1n) is 5.87. The Balaban J connectivity index is 2.16. The van der Waals surface area contributed by atoms with Gasteiger partial charge in [0.15, 0.2) is 5.13 Å². The van der Waals surface area contributed by atoms with Crippen LogP contribution in [0.4, 0.5) is 15.2 Å². The van der Waals surface area contributed by atoms with Crippen LogP contribution >= 0.6 is 11.3 Å². The lowest BCUT2D eigenvalue weighted by molar-refractivity contribution is -0.115. The monoisotopic (exact) mass is 309 g/mol. The molecule has 2 rings (SSSR count). The fraction of sp³-hybridized carbons (Fsp3) is 0.154. The fourth-order valence-corrected chi connectivity index (χ4v) is 2.23. The fourth-order valence-electron chi connectivity index (χ4n) is 1.67. The number of nitrogens with one attached hydrogen (secondary N) is 1. The van der Waals surface area contributed by atoms with E-state index in [1.165, 1.54) is 24.5 Å². The van der Waals surface area contributed by atoms with Crippen molar-refractivity contribution in [2.45, 2.75) is 6.42 Å². The molecule has 3 N–H and O–H groups in total. The van der Waals surface area contributed by atoms with Gasteiger partial charge in [-0.2, -0.15) is 0 Å². The summed E-state index contributed by atoms with van der Waals surface area (Å²) in [5, 5.41) is 4.48. The van der Waals surface area contributed by atoms with E-state index in [1.807, 2.05) is 0 Å². The molecule has 0 atom stereocenters. The first-order valence-corrected chi connectivity index (χ1v) is 6.75. The van der Waals surface area contributed by atoms with Crippen molar-refractivity contribution >= 4 is 34.0 Å². The molecule has 1 heterocycles. The van der Waals surface area contributed by atoms with E-state index < -0.39 is 17.7 Å². The molecule has 0 fully saturated rings. The summed E-state index contributed by atoms with van der Waals surface area (Å²) in [6, 6.07) is 3.42. The molecule has 0 aliphatic rings. The zero-order valence-electron chi connectivity index (χ0n) is 11.1. The van der Waals surface area contributed by atoms with Gasteiger partial charge in [-0.05, 0) is 18.2 Å². The van der Waals surface area contributed by atoms with Crippen LogP contribution in [0.1, 0.15) is 16.1 Å². The Morgan fingerprint density at radius 3 is 2.86 bits per heavy atom. The Morgan fingerprint density at radius 2 is 2.24 bits per heavy atom. The third kappa shape index (κ3) is 3.76. The number of hydrogen-bond donors (Lipinski definition) is 2. The van der Waals surface area contributed by atoms with Gasteiger partial charge in [0.25, 0.3) is 0 Å². The number of benzene rings is 1. The Kier molecular flexibility index (Phi) is 4.49. The summed E-state index contributed by atoms with van der Waals surface area (Å²) >= 11 is 1.22. The minimum atomic E-state index is -0.664. The number of anilines is 2. The molecule has 1 amide bonds. The molecule has 0 bridgehead atoms. The number of carbonyl (C=O) groups excluding carboxylic acids is 2. The first-order chi connectivity index (χ1) is 9.99. The van der Waals surface area contributed by atoms with Crippen LogP contribution in [0, 0.1) is 5.82 Å². The van der Waals surface area contributed by atoms with Crippen molar-refractivity contribution in [2.75, 3.05) is 18.2 Å². The maximum absolute atomic E-state index is 13.3. The van der Waals surface area contributed by atoms with Crippen LogP contribution in [0.15, 0.2) is 23.6 Å². The maximum Gasteiger partial charge on any atom is 0.339 e. The Bertz CT molecular complexity index is 687.